The zero-order valence-electron chi connectivity index (χ0n) is 9.94. The van der Waals surface area contributed by atoms with Crippen molar-refractivity contribution in [3.63, 3.8) is 0 Å². The van der Waals surface area contributed by atoms with Crippen molar-refractivity contribution in [2.45, 2.75) is 13.8 Å². The summed E-state index contributed by atoms with van der Waals surface area (Å²) in [6.45, 7) is 3.76. The second-order valence-corrected chi connectivity index (χ2v) is 3.94. The van der Waals surface area contributed by atoms with Crippen LogP contribution < -0.4 is 0 Å². The summed E-state index contributed by atoms with van der Waals surface area (Å²) >= 11 is 0. The Bertz CT molecular complexity index is 605. The molecule has 0 unspecified atom stereocenters. The van der Waals surface area contributed by atoms with Gasteiger partial charge in [-0.25, -0.2) is 9.78 Å². The maximum absolute atomic E-state index is 11.5. The number of fused-ring (bicyclic) bond motifs is 1. The van der Waals surface area contributed by atoms with Gasteiger partial charge in [-0.2, -0.15) is 0 Å². The van der Waals surface area contributed by atoms with Crippen molar-refractivity contribution in [1.82, 2.24) is 4.98 Å². The second-order valence-electron chi connectivity index (χ2n) is 3.94. The molecule has 0 bridgehead atoms. The Morgan fingerprint density at radius 1 is 1.29 bits per heavy atom. The Labute approximate surface area is 98.9 Å². The summed E-state index contributed by atoms with van der Waals surface area (Å²) in [7, 11) is 1.26. The highest BCUT2D eigenvalue weighted by atomic mass is 16.5. The predicted molar refractivity (Wildman–Crippen MR) is 64.2 cm³/mol. The summed E-state index contributed by atoms with van der Waals surface area (Å²) in [6, 6.07) is 5.59. The first-order valence-corrected chi connectivity index (χ1v) is 5.23. The van der Waals surface area contributed by atoms with Crippen LogP contribution in [0, 0.1) is 13.8 Å². The van der Waals surface area contributed by atoms with Gasteiger partial charge in [0, 0.05) is 16.5 Å². The maximum Gasteiger partial charge on any atom is 0.360 e. The Kier molecular flexibility index (Phi) is 2.71. The summed E-state index contributed by atoms with van der Waals surface area (Å²) in [4.78, 5) is 15.5. The van der Waals surface area contributed by atoms with E-state index < -0.39 is 5.97 Å². The molecule has 88 valence electrons. The molecule has 1 N–H and O–H groups in total. The largest absolute Gasteiger partial charge is 0.505 e. The van der Waals surface area contributed by atoms with Crippen LogP contribution in [0.15, 0.2) is 18.2 Å². The quantitative estimate of drug-likeness (QED) is 0.765. The molecule has 0 spiro atoms. The van der Waals surface area contributed by atoms with E-state index in [0.29, 0.717) is 11.1 Å². The van der Waals surface area contributed by atoms with E-state index >= 15 is 0 Å². The van der Waals surface area contributed by atoms with Crippen LogP contribution in [0.5, 0.6) is 5.75 Å². The Morgan fingerprint density at radius 3 is 2.65 bits per heavy atom. The van der Waals surface area contributed by atoms with Crippen LogP contribution in [-0.4, -0.2) is 23.2 Å². The number of methoxy groups -OCH3 is 1. The van der Waals surface area contributed by atoms with Crippen molar-refractivity contribution in [3.05, 3.63) is 35.2 Å². The molecule has 4 nitrogen and oxygen atoms in total. The molecule has 0 amide bonds. The molecule has 4 heteroatoms. The minimum absolute atomic E-state index is 0.0404. The summed E-state index contributed by atoms with van der Waals surface area (Å²) in [5.74, 6) is -0.759. The Hall–Kier alpha value is -2.10. The Morgan fingerprint density at radius 2 is 2.00 bits per heavy atom. The van der Waals surface area contributed by atoms with E-state index in [2.05, 4.69) is 9.72 Å². The first kappa shape index (κ1) is 11.4. The van der Waals surface area contributed by atoms with E-state index in [4.69, 9.17) is 0 Å². The van der Waals surface area contributed by atoms with E-state index in [1.165, 1.54) is 7.11 Å². The van der Waals surface area contributed by atoms with Gasteiger partial charge >= 0.3 is 5.97 Å². The molecule has 0 atom stereocenters. The lowest BCUT2D eigenvalue weighted by molar-refractivity contribution is 0.0590. The van der Waals surface area contributed by atoms with Gasteiger partial charge in [0.15, 0.2) is 11.4 Å². The van der Waals surface area contributed by atoms with Crippen LogP contribution >= 0.6 is 0 Å². The Balaban J connectivity index is 2.81. The third kappa shape index (κ3) is 1.82. The van der Waals surface area contributed by atoms with Gasteiger partial charge in [-0.3, -0.25) is 0 Å². The molecule has 1 heterocycles. The van der Waals surface area contributed by atoms with Gasteiger partial charge in [-0.1, -0.05) is 17.7 Å². The molecular formula is C13H13NO3. The van der Waals surface area contributed by atoms with Crippen molar-refractivity contribution in [3.8, 4) is 5.75 Å². The summed E-state index contributed by atoms with van der Waals surface area (Å²) in [5.41, 5.74) is 1.73. The van der Waals surface area contributed by atoms with Crippen molar-refractivity contribution in [2.75, 3.05) is 7.11 Å². The molecule has 0 saturated heterocycles. The number of rotatable bonds is 1. The van der Waals surface area contributed by atoms with Crippen molar-refractivity contribution in [1.29, 1.82) is 0 Å². The lowest BCUT2D eigenvalue weighted by atomic mass is 10.0. The highest BCUT2D eigenvalue weighted by Gasteiger charge is 2.17. The number of aryl methyl sites for hydroxylation is 2. The number of benzene rings is 1. The van der Waals surface area contributed by atoms with Gasteiger partial charge in [0.05, 0.1) is 7.11 Å². The molecule has 0 radical (unpaired) electrons. The number of pyridine rings is 1. The molecule has 2 rings (SSSR count). The first-order valence-electron chi connectivity index (χ1n) is 5.23. The number of carbonyl (C=O) groups is 1. The third-order valence-electron chi connectivity index (χ3n) is 2.70. The van der Waals surface area contributed by atoms with Gasteiger partial charge in [-0.15, -0.1) is 0 Å². The molecule has 0 aliphatic heterocycles. The van der Waals surface area contributed by atoms with Crippen LogP contribution in [0.4, 0.5) is 0 Å². The van der Waals surface area contributed by atoms with Gasteiger partial charge in [0.2, 0.25) is 0 Å². The van der Waals surface area contributed by atoms with E-state index in [9.17, 15) is 9.90 Å². The minimum Gasteiger partial charge on any atom is -0.505 e. The maximum atomic E-state index is 11.5. The van der Waals surface area contributed by atoms with Crippen LogP contribution in [-0.2, 0) is 4.74 Å². The SMILES string of the molecule is COC(=O)c1nc(C)c2cc(C)ccc2c1O. The number of nitrogens with zero attached hydrogens (tertiary/aromatic N) is 1. The zero-order chi connectivity index (χ0) is 12.6. The van der Waals surface area contributed by atoms with Gasteiger partial charge in [0.1, 0.15) is 0 Å². The molecule has 1 aromatic carbocycles. The van der Waals surface area contributed by atoms with Crippen LogP contribution in [0.3, 0.4) is 0 Å². The number of esters is 1. The second kappa shape index (κ2) is 4.05. The fraction of sp³-hybridized carbons (Fsp3) is 0.231. The number of aromatic hydroxyl groups is 1. The number of hydrogen-bond acceptors (Lipinski definition) is 4. The normalized spacial score (nSPS) is 10.5. The number of ether oxygens (including phenoxy) is 1. The van der Waals surface area contributed by atoms with Crippen molar-refractivity contribution >= 4 is 16.7 Å². The lowest BCUT2D eigenvalue weighted by Gasteiger charge is -2.09. The molecule has 0 aliphatic carbocycles. The van der Waals surface area contributed by atoms with E-state index in [1.807, 2.05) is 19.1 Å². The topological polar surface area (TPSA) is 59.4 Å². The first-order chi connectivity index (χ1) is 8.04. The number of carbonyl (C=O) groups excluding carboxylic acids is 1. The molecule has 1 aromatic heterocycles. The average molecular weight is 231 g/mol. The molecule has 17 heavy (non-hydrogen) atoms. The summed E-state index contributed by atoms with van der Waals surface area (Å²) < 4.78 is 4.58. The molecule has 0 fully saturated rings. The van der Waals surface area contributed by atoms with Crippen molar-refractivity contribution < 1.29 is 14.6 Å². The highest BCUT2D eigenvalue weighted by Crippen LogP contribution is 2.30. The standard InChI is InChI=1S/C13H13NO3/c1-7-4-5-9-10(6-7)8(2)14-11(12(9)15)13(16)17-3/h4-6,15H,1-3H3. The summed E-state index contributed by atoms with van der Waals surface area (Å²) in [6.07, 6.45) is 0. The molecule has 0 aliphatic rings. The number of aromatic nitrogens is 1. The highest BCUT2D eigenvalue weighted by molar-refractivity contribution is 6.00. The smallest absolute Gasteiger partial charge is 0.360 e. The monoisotopic (exact) mass is 231 g/mol. The minimum atomic E-state index is -0.631. The fourth-order valence-electron chi connectivity index (χ4n) is 1.81. The third-order valence-corrected chi connectivity index (χ3v) is 2.70. The molecule has 2 aromatic rings. The van der Waals surface area contributed by atoms with E-state index in [0.717, 1.165) is 10.9 Å². The lowest BCUT2D eigenvalue weighted by Crippen LogP contribution is -2.06. The zero-order valence-corrected chi connectivity index (χ0v) is 9.94. The molecule has 0 saturated carbocycles. The molecular weight excluding hydrogens is 218 g/mol. The van der Waals surface area contributed by atoms with Gasteiger partial charge < -0.3 is 9.84 Å². The van der Waals surface area contributed by atoms with E-state index in [1.54, 1.807) is 13.0 Å². The predicted octanol–water partition coefficient (Wildman–Crippen LogP) is 2.34. The fourth-order valence-corrected chi connectivity index (χ4v) is 1.81. The van der Waals surface area contributed by atoms with Crippen LogP contribution in [0.1, 0.15) is 21.7 Å². The van der Waals surface area contributed by atoms with Gasteiger partial charge in [-0.05, 0) is 19.9 Å². The summed E-state index contributed by atoms with van der Waals surface area (Å²) in [5, 5.41) is 11.5. The van der Waals surface area contributed by atoms with Gasteiger partial charge in [0.25, 0.3) is 0 Å². The number of hydrogen-bond donors (Lipinski definition) is 1. The van der Waals surface area contributed by atoms with Crippen molar-refractivity contribution in [2.24, 2.45) is 0 Å². The van der Waals surface area contributed by atoms with Crippen LogP contribution in [0.2, 0.25) is 0 Å². The van der Waals surface area contributed by atoms with Crippen LogP contribution in [0.25, 0.3) is 10.8 Å². The average Bonchev–Trinajstić information content (AvgIpc) is 2.32. The van der Waals surface area contributed by atoms with E-state index in [-0.39, 0.29) is 11.4 Å².